The summed E-state index contributed by atoms with van der Waals surface area (Å²) >= 11 is 0. The van der Waals surface area contributed by atoms with Gasteiger partial charge < -0.3 is 9.47 Å². The lowest BCUT2D eigenvalue weighted by Crippen LogP contribution is -2.36. The molecule has 1 aliphatic rings. The molecule has 2 aromatic heterocycles. The summed E-state index contributed by atoms with van der Waals surface area (Å²) in [6.45, 7) is 2.74. The molecule has 3 aromatic rings. The van der Waals surface area contributed by atoms with Crippen LogP contribution in [-0.2, 0) is 6.54 Å². The Labute approximate surface area is 147 Å². The van der Waals surface area contributed by atoms with Gasteiger partial charge in [0.25, 0.3) is 0 Å². The highest BCUT2D eigenvalue weighted by Gasteiger charge is 2.36. The van der Waals surface area contributed by atoms with Crippen LogP contribution in [0.2, 0.25) is 0 Å². The average molecular weight is 337 g/mol. The normalized spacial score (nSPS) is 21.2. The minimum atomic E-state index is 0.303. The fourth-order valence-electron chi connectivity index (χ4n) is 3.61. The minimum absolute atomic E-state index is 0.303. The van der Waals surface area contributed by atoms with E-state index in [0.29, 0.717) is 12.1 Å². The molecule has 0 aliphatic carbocycles. The van der Waals surface area contributed by atoms with Gasteiger partial charge in [0.2, 0.25) is 0 Å². The van der Waals surface area contributed by atoms with E-state index in [2.05, 4.69) is 68.0 Å². The van der Waals surface area contributed by atoms with Crippen LogP contribution in [0.3, 0.4) is 0 Å². The molecule has 130 valence electrons. The molecule has 0 amide bonds. The molecule has 7 nitrogen and oxygen atoms in total. The monoisotopic (exact) mass is 337 g/mol. The maximum absolute atomic E-state index is 4.59. The smallest absolute Gasteiger partial charge is 0.127 e. The first kappa shape index (κ1) is 16.0. The topological polar surface area (TPSA) is 55.0 Å². The first-order chi connectivity index (χ1) is 12.2. The predicted molar refractivity (Wildman–Crippen MR) is 95.4 cm³/mol. The van der Waals surface area contributed by atoms with Gasteiger partial charge in [0, 0.05) is 43.4 Å². The van der Waals surface area contributed by atoms with E-state index in [1.165, 1.54) is 0 Å². The van der Waals surface area contributed by atoms with E-state index in [4.69, 9.17) is 0 Å². The number of benzene rings is 1. The second kappa shape index (κ2) is 6.78. The molecule has 0 N–H and O–H groups in total. The zero-order valence-electron chi connectivity index (χ0n) is 14.6. The third-order valence-corrected chi connectivity index (χ3v) is 4.90. The molecule has 0 radical (unpaired) electrons. The van der Waals surface area contributed by atoms with Crippen LogP contribution in [0.25, 0.3) is 5.69 Å². The summed E-state index contributed by atoms with van der Waals surface area (Å²) in [4.78, 5) is 9.30. The number of likely N-dealkylation sites (tertiary alicyclic amines) is 1. The van der Waals surface area contributed by atoms with Crippen LogP contribution in [0.15, 0.2) is 55.1 Å². The molecular weight excluding hydrogens is 314 g/mol. The van der Waals surface area contributed by atoms with E-state index in [0.717, 1.165) is 31.1 Å². The van der Waals surface area contributed by atoms with Gasteiger partial charge in [-0.25, -0.2) is 9.67 Å². The summed E-state index contributed by atoms with van der Waals surface area (Å²) in [7, 11) is 4.26. The lowest BCUT2D eigenvalue weighted by molar-refractivity contribution is 0.236. The van der Waals surface area contributed by atoms with Crippen LogP contribution < -0.4 is 0 Å². The lowest BCUT2D eigenvalue weighted by atomic mass is 10.1. The molecule has 1 fully saturated rings. The van der Waals surface area contributed by atoms with Crippen LogP contribution in [0.5, 0.6) is 0 Å². The van der Waals surface area contributed by atoms with Gasteiger partial charge in [0.1, 0.15) is 5.82 Å². The Morgan fingerprint density at radius 2 is 1.92 bits per heavy atom. The summed E-state index contributed by atoms with van der Waals surface area (Å²) in [6.07, 6.45) is 7.60. The Balaban J connectivity index is 1.54. The number of likely N-dealkylation sites (N-methyl/N-ethyl adjacent to an activating group) is 1. The third-order valence-electron chi connectivity index (χ3n) is 4.90. The Morgan fingerprint density at radius 3 is 2.64 bits per heavy atom. The van der Waals surface area contributed by atoms with E-state index in [1.54, 1.807) is 6.20 Å². The lowest BCUT2D eigenvalue weighted by Gasteiger charge is -2.24. The second-order valence-corrected chi connectivity index (χ2v) is 6.72. The Hall–Kier alpha value is -2.51. The van der Waals surface area contributed by atoms with Gasteiger partial charge in [-0.3, -0.25) is 4.90 Å². The third kappa shape index (κ3) is 3.20. The number of rotatable bonds is 5. The number of hydrogen-bond donors (Lipinski definition) is 0. The molecule has 0 bridgehead atoms. The number of para-hydroxylation sites is 1. The Kier molecular flexibility index (Phi) is 4.33. The van der Waals surface area contributed by atoms with Crippen LogP contribution >= 0.6 is 0 Å². The molecule has 1 aromatic carbocycles. The fraction of sp³-hybridized carbons (Fsp3) is 0.389. The van der Waals surface area contributed by atoms with Crippen molar-refractivity contribution >= 4 is 0 Å². The molecule has 0 unspecified atom stereocenters. The van der Waals surface area contributed by atoms with Crippen molar-refractivity contribution in [2.45, 2.75) is 18.6 Å². The van der Waals surface area contributed by atoms with Crippen molar-refractivity contribution in [3.63, 3.8) is 0 Å². The number of aromatic nitrogens is 5. The fourth-order valence-corrected chi connectivity index (χ4v) is 3.61. The molecule has 1 saturated heterocycles. The van der Waals surface area contributed by atoms with Gasteiger partial charge in [0.15, 0.2) is 0 Å². The maximum atomic E-state index is 4.59. The highest BCUT2D eigenvalue weighted by molar-refractivity contribution is 5.32. The van der Waals surface area contributed by atoms with E-state index in [1.807, 2.05) is 29.3 Å². The van der Waals surface area contributed by atoms with E-state index in [-0.39, 0.29) is 0 Å². The second-order valence-electron chi connectivity index (χ2n) is 6.72. The van der Waals surface area contributed by atoms with E-state index in [9.17, 15) is 0 Å². The zero-order valence-corrected chi connectivity index (χ0v) is 14.6. The highest BCUT2D eigenvalue weighted by Crippen LogP contribution is 2.26. The van der Waals surface area contributed by atoms with Crippen LogP contribution in [0.1, 0.15) is 11.9 Å². The molecule has 2 atom stereocenters. The first-order valence-corrected chi connectivity index (χ1v) is 8.54. The number of hydrogen-bond acceptors (Lipinski definition) is 5. The SMILES string of the molecule is CN(C)[C@@H]1CN(Cc2nccn2-c2ccccc2)C[C@@H]1n1ccnn1. The van der Waals surface area contributed by atoms with Crippen LogP contribution in [-0.4, -0.2) is 67.6 Å². The molecule has 4 rings (SSSR count). The molecule has 0 spiro atoms. The van der Waals surface area contributed by atoms with Crippen LogP contribution in [0, 0.1) is 0 Å². The van der Waals surface area contributed by atoms with E-state index >= 15 is 0 Å². The summed E-state index contributed by atoms with van der Waals surface area (Å²) in [5.41, 5.74) is 1.14. The largest absolute Gasteiger partial charge is 0.303 e. The van der Waals surface area contributed by atoms with Gasteiger partial charge in [-0.15, -0.1) is 5.10 Å². The van der Waals surface area contributed by atoms with Gasteiger partial charge in [-0.1, -0.05) is 23.4 Å². The molecule has 1 aliphatic heterocycles. The van der Waals surface area contributed by atoms with Crippen molar-refractivity contribution in [2.75, 3.05) is 27.2 Å². The van der Waals surface area contributed by atoms with Crippen molar-refractivity contribution in [3.8, 4) is 5.69 Å². The Morgan fingerprint density at radius 1 is 1.08 bits per heavy atom. The summed E-state index contributed by atoms with van der Waals surface area (Å²) < 4.78 is 4.14. The van der Waals surface area contributed by atoms with Crippen molar-refractivity contribution < 1.29 is 0 Å². The van der Waals surface area contributed by atoms with Crippen molar-refractivity contribution in [3.05, 3.63) is 60.9 Å². The Bertz CT molecular complexity index is 794. The van der Waals surface area contributed by atoms with Gasteiger partial charge in [-0.05, 0) is 26.2 Å². The summed E-state index contributed by atoms with van der Waals surface area (Å²) in [5, 5.41) is 8.19. The van der Waals surface area contributed by atoms with Gasteiger partial charge >= 0.3 is 0 Å². The molecule has 0 saturated carbocycles. The molecule has 3 heterocycles. The van der Waals surface area contributed by atoms with Crippen molar-refractivity contribution in [2.24, 2.45) is 0 Å². The molecule has 7 heteroatoms. The summed E-state index contributed by atoms with van der Waals surface area (Å²) in [5.74, 6) is 1.06. The van der Waals surface area contributed by atoms with E-state index < -0.39 is 0 Å². The molecule has 25 heavy (non-hydrogen) atoms. The molecular formula is C18H23N7. The van der Waals surface area contributed by atoms with Crippen molar-refractivity contribution in [1.29, 1.82) is 0 Å². The first-order valence-electron chi connectivity index (χ1n) is 8.54. The van der Waals surface area contributed by atoms with Crippen LogP contribution in [0.4, 0.5) is 0 Å². The zero-order chi connectivity index (χ0) is 17.2. The minimum Gasteiger partial charge on any atom is -0.303 e. The maximum Gasteiger partial charge on any atom is 0.127 e. The van der Waals surface area contributed by atoms with Gasteiger partial charge in [0.05, 0.1) is 18.8 Å². The number of nitrogens with zero attached hydrogens (tertiary/aromatic N) is 7. The highest BCUT2D eigenvalue weighted by atomic mass is 15.5. The number of imidazole rings is 1. The summed E-state index contributed by atoms with van der Waals surface area (Å²) in [6, 6.07) is 11.1. The predicted octanol–water partition coefficient (Wildman–Crippen LogP) is 1.45. The standard InChI is InChI=1S/C18H23N7/c1-22(2)16-12-23(13-17(16)25-11-9-20-21-25)14-18-19-8-10-24(18)15-6-4-3-5-7-15/h3-11,16-17H,12-14H2,1-2H3/t16-,17+/m1/s1. The van der Waals surface area contributed by atoms with Crippen molar-refractivity contribution in [1.82, 2.24) is 34.3 Å². The average Bonchev–Trinajstić information content (AvgIpc) is 3.36. The van der Waals surface area contributed by atoms with Gasteiger partial charge in [-0.2, -0.15) is 0 Å². The quantitative estimate of drug-likeness (QED) is 0.705.